The first-order valence-electron chi connectivity index (χ1n) is 13.8. The molecule has 1 saturated carbocycles. The summed E-state index contributed by atoms with van der Waals surface area (Å²) in [6.07, 6.45) is 14.8. The van der Waals surface area contributed by atoms with E-state index in [9.17, 15) is 10.2 Å². The average molecular weight is 477 g/mol. The van der Waals surface area contributed by atoms with Crippen LogP contribution in [0.4, 0.5) is 0 Å². The van der Waals surface area contributed by atoms with E-state index in [1.54, 1.807) is 0 Å². The summed E-state index contributed by atoms with van der Waals surface area (Å²) in [5.41, 5.74) is 6.21. The molecule has 1 aliphatic carbocycles. The Morgan fingerprint density at radius 1 is 0.657 bits per heavy atom. The van der Waals surface area contributed by atoms with Gasteiger partial charge in [0.25, 0.3) is 0 Å². The van der Waals surface area contributed by atoms with Gasteiger partial charge < -0.3 is 10.2 Å². The minimum Gasteiger partial charge on any atom is -0.507 e. The highest BCUT2D eigenvalue weighted by molar-refractivity contribution is 5.85. The van der Waals surface area contributed by atoms with E-state index in [0.717, 1.165) is 92.9 Å². The van der Waals surface area contributed by atoms with Crippen LogP contribution >= 0.6 is 0 Å². The van der Waals surface area contributed by atoms with Crippen molar-refractivity contribution in [3.8, 4) is 11.5 Å². The topological polar surface area (TPSA) is 65.2 Å². The molecular formula is C31H44N2O2. The van der Waals surface area contributed by atoms with Crippen molar-refractivity contribution in [3.63, 3.8) is 0 Å². The van der Waals surface area contributed by atoms with Crippen molar-refractivity contribution in [2.24, 2.45) is 9.98 Å². The molecule has 0 aromatic heterocycles. The highest BCUT2D eigenvalue weighted by atomic mass is 16.3. The zero-order chi connectivity index (χ0) is 25.2. The zero-order valence-corrected chi connectivity index (χ0v) is 22.2. The van der Waals surface area contributed by atoms with Crippen LogP contribution in [0.1, 0.15) is 106 Å². The Hall–Kier alpha value is -2.62. The van der Waals surface area contributed by atoms with Crippen LogP contribution < -0.4 is 0 Å². The minimum absolute atomic E-state index is 0.103. The molecule has 0 bridgehead atoms. The molecular weight excluding hydrogens is 432 g/mol. The summed E-state index contributed by atoms with van der Waals surface area (Å²) in [5.74, 6) is 0.740. The first-order valence-corrected chi connectivity index (χ1v) is 13.8. The largest absolute Gasteiger partial charge is 0.507 e. The van der Waals surface area contributed by atoms with Crippen LogP contribution in [0, 0.1) is 0 Å². The molecule has 0 heterocycles. The third-order valence-corrected chi connectivity index (χ3v) is 6.93. The molecule has 190 valence electrons. The van der Waals surface area contributed by atoms with Crippen molar-refractivity contribution in [1.29, 1.82) is 0 Å². The highest BCUT2D eigenvalue weighted by Crippen LogP contribution is 2.30. The van der Waals surface area contributed by atoms with Crippen LogP contribution in [-0.4, -0.2) is 34.7 Å². The maximum atomic E-state index is 10.8. The number of aliphatic imine (C=N–C) groups is 2. The van der Waals surface area contributed by atoms with Gasteiger partial charge in [-0.2, -0.15) is 0 Å². The molecule has 4 heteroatoms. The molecule has 3 rings (SSSR count). The summed E-state index contributed by atoms with van der Waals surface area (Å²) in [7, 11) is 0. The number of phenols is 2. The summed E-state index contributed by atoms with van der Waals surface area (Å²) >= 11 is 0. The van der Waals surface area contributed by atoms with Gasteiger partial charge >= 0.3 is 0 Å². The number of rotatable bonds is 12. The number of hydrogen-bond donors (Lipinski definition) is 2. The molecule has 0 saturated heterocycles. The first-order chi connectivity index (χ1) is 17.0. The summed E-state index contributed by atoms with van der Waals surface area (Å²) in [4.78, 5) is 9.81. The normalized spacial score (nSPS) is 18.3. The lowest BCUT2D eigenvalue weighted by Crippen LogP contribution is -2.16. The van der Waals surface area contributed by atoms with Crippen molar-refractivity contribution in [2.75, 3.05) is 0 Å². The van der Waals surface area contributed by atoms with Crippen molar-refractivity contribution in [3.05, 3.63) is 57.6 Å². The summed E-state index contributed by atoms with van der Waals surface area (Å²) in [6, 6.07) is 8.67. The second-order valence-electron chi connectivity index (χ2n) is 10.0. The molecule has 2 N–H and O–H groups in total. The van der Waals surface area contributed by atoms with E-state index in [1.165, 1.54) is 11.1 Å². The Labute approximate surface area is 212 Å². The predicted molar refractivity (Wildman–Crippen MR) is 149 cm³/mol. The van der Waals surface area contributed by atoms with Gasteiger partial charge in [-0.1, -0.05) is 65.5 Å². The lowest BCUT2D eigenvalue weighted by atomic mass is 9.98. The van der Waals surface area contributed by atoms with Crippen molar-refractivity contribution in [2.45, 2.75) is 110 Å². The van der Waals surface area contributed by atoms with Gasteiger partial charge in [0.2, 0.25) is 0 Å². The number of aromatic hydroxyl groups is 2. The fourth-order valence-electron chi connectivity index (χ4n) is 5.18. The molecule has 2 aromatic carbocycles. The summed E-state index contributed by atoms with van der Waals surface area (Å²) in [6.45, 7) is 8.65. The Morgan fingerprint density at radius 3 is 1.43 bits per heavy atom. The van der Waals surface area contributed by atoms with Crippen LogP contribution in [0.2, 0.25) is 0 Å². The average Bonchev–Trinajstić information content (AvgIpc) is 3.29. The Bertz CT molecular complexity index is 944. The molecule has 2 aromatic rings. The maximum absolute atomic E-state index is 10.8. The van der Waals surface area contributed by atoms with Gasteiger partial charge in [-0.3, -0.25) is 9.98 Å². The van der Waals surface area contributed by atoms with Gasteiger partial charge in [0, 0.05) is 23.6 Å². The van der Waals surface area contributed by atoms with Crippen LogP contribution in [0.3, 0.4) is 0 Å². The van der Waals surface area contributed by atoms with Gasteiger partial charge in [0.1, 0.15) is 11.5 Å². The van der Waals surface area contributed by atoms with Crippen LogP contribution in [-0.2, 0) is 25.7 Å². The second kappa shape index (κ2) is 13.5. The molecule has 1 fully saturated rings. The Kier molecular flexibility index (Phi) is 10.4. The van der Waals surface area contributed by atoms with E-state index in [-0.39, 0.29) is 12.1 Å². The maximum Gasteiger partial charge on any atom is 0.127 e. The third-order valence-electron chi connectivity index (χ3n) is 6.93. The number of benzene rings is 2. The molecule has 35 heavy (non-hydrogen) atoms. The van der Waals surface area contributed by atoms with E-state index >= 15 is 0 Å². The van der Waals surface area contributed by atoms with E-state index in [1.807, 2.05) is 12.4 Å². The van der Waals surface area contributed by atoms with Crippen LogP contribution in [0.25, 0.3) is 0 Å². The van der Waals surface area contributed by atoms with Gasteiger partial charge in [-0.05, 0) is 79.3 Å². The molecule has 0 amide bonds. The summed E-state index contributed by atoms with van der Waals surface area (Å²) in [5, 5.41) is 21.7. The van der Waals surface area contributed by atoms with Gasteiger partial charge in [-0.15, -0.1) is 0 Å². The second-order valence-corrected chi connectivity index (χ2v) is 10.0. The standard InChI is InChI=1S/C31H44N2O2/c1-5-10-22-16-24(12-7-3)30(34)26(18-22)20-32-28-14-9-15-29(28)33-21-27-19-23(11-6-2)17-25(13-8-4)31(27)35/h16-21,28-29,34-35H,5-15H2,1-4H3. The number of aryl methyl sites for hydroxylation is 4. The Morgan fingerprint density at radius 2 is 1.06 bits per heavy atom. The van der Waals surface area contributed by atoms with Crippen molar-refractivity contribution in [1.82, 2.24) is 0 Å². The van der Waals surface area contributed by atoms with E-state index in [4.69, 9.17) is 9.98 Å². The molecule has 2 atom stereocenters. The third kappa shape index (κ3) is 7.19. The van der Waals surface area contributed by atoms with Crippen molar-refractivity contribution >= 4 is 12.4 Å². The summed E-state index contributed by atoms with van der Waals surface area (Å²) < 4.78 is 0. The Balaban J connectivity index is 1.82. The lowest BCUT2D eigenvalue weighted by Gasteiger charge is -2.14. The zero-order valence-electron chi connectivity index (χ0n) is 22.2. The lowest BCUT2D eigenvalue weighted by molar-refractivity contribution is 0.465. The predicted octanol–water partition coefficient (Wildman–Crippen LogP) is 7.37. The highest BCUT2D eigenvalue weighted by Gasteiger charge is 2.26. The fraction of sp³-hybridized carbons (Fsp3) is 0.548. The van der Waals surface area contributed by atoms with Crippen molar-refractivity contribution < 1.29 is 10.2 Å². The van der Waals surface area contributed by atoms with Gasteiger partial charge in [0.05, 0.1) is 12.1 Å². The van der Waals surface area contributed by atoms with E-state index in [2.05, 4.69) is 52.0 Å². The molecule has 2 unspecified atom stereocenters. The molecule has 0 radical (unpaired) electrons. The van der Waals surface area contributed by atoms with Gasteiger partial charge in [0.15, 0.2) is 0 Å². The number of phenolic OH excluding ortho intramolecular Hbond substituents is 2. The number of hydrogen-bond acceptors (Lipinski definition) is 4. The quantitative estimate of drug-likeness (QED) is 0.314. The van der Waals surface area contributed by atoms with Crippen LogP contribution in [0.15, 0.2) is 34.3 Å². The smallest absolute Gasteiger partial charge is 0.127 e. The molecule has 4 nitrogen and oxygen atoms in total. The molecule has 1 aliphatic rings. The first kappa shape index (κ1) is 27.0. The SMILES string of the molecule is CCCc1cc(C=NC2CCCC2N=Cc2cc(CCC)cc(CCC)c2O)c(O)c(CCC)c1. The van der Waals surface area contributed by atoms with E-state index < -0.39 is 0 Å². The fourth-order valence-corrected chi connectivity index (χ4v) is 5.18. The van der Waals surface area contributed by atoms with E-state index in [0.29, 0.717) is 11.5 Å². The van der Waals surface area contributed by atoms with Crippen LogP contribution in [0.5, 0.6) is 11.5 Å². The molecule has 0 aliphatic heterocycles. The molecule has 0 spiro atoms. The van der Waals surface area contributed by atoms with Gasteiger partial charge in [-0.25, -0.2) is 0 Å². The number of nitrogens with zero attached hydrogens (tertiary/aromatic N) is 2. The minimum atomic E-state index is 0.103. The monoisotopic (exact) mass is 476 g/mol.